The summed E-state index contributed by atoms with van der Waals surface area (Å²) in [6.45, 7) is 0.194. The first-order chi connectivity index (χ1) is 11.5. The standard InChI is InChI=1S/C16H17BrN2O5/c1-23-11-4-6-16(24-2)12(8-11)15(20)9-18-14-5-3-10(19(21)22)7-13(14)17/h3-8,15,18,20H,9H2,1-2H3. The van der Waals surface area contributed by atoms with E-state index < -0.39 is 11.0 Å². The number of nitro benzene ring substituents is 1. The average molecular weight is 397 g/mol. The van der Waals surface area contributed by atoms with Crippen LogP contribution in [0.25, 0.3) is 0 Å². The Bertz CT molecular complexity index is 738. The van der Waals surface area contributed by atoms with Crippen LogP contribution < -0.4 is 14.8 Å². The molecule has 24 heavy (non-hydrogen) atoms. The highest BCUT2D eigenvalue weighted by Gasteiger charge is 2.16. The van der Waals surface area contributed by atoms with Crippen LogP contribution in [0.3, 0.4) is 0 Å². The smallest absolute Gasteiger partial charge is 0.270 e. The third kappa shape index (κ3) is 4.15. The molecule has 8 heteroatoms. The summed E-state index contributed by atoms with van der Waals surface area (Å²) < 4.78 is 11.0. The molecule has 2 aromatic carbocycles. The summed E-state index contributed by atoms with van der Waals surface area (Å²) in [7, 11) is 3.07. The minimum absolute atomic E-state index is 0.0116. The Morgan fingerprint density at radius 3 is 2.58 bits per heavy atom. The molecule has 0 spiro atoms. The number of ether oxygens (including phenoxy) is 2. The first-order valence-electron chi connectivity index (χ1n) is 7.04. The number of nitrogens with one attached hydrogen (secondary N) is 1. The minimum Gasteiger partial charge on any atom is -0.497 e. The van der Waals surface area contributed by atoms with Crippen molar-refractivity contribution < 1.29 is 19.5 Å². The highest BCUT2D eigenvalue weighted by atomic mass is 79.9. The first-order valence-corrected chi connectivity index (χ1v) is 7.83. The van der Waals surface area contributed by atoms with E-state index in [4.69, 9.17) is 9.47 Å². The summed E-state index contributed by atoms with van der Waals surface area (Å²) in [5.74, 6) is 1.16. The Labute approximate surface area is 147 Å². The highest BCUT2D eigenvalue weighted by Crippen LogP contribution is 2.31. The summed E-state index contributed by atoms with van der Waals surface area (Å²) in [5, 5.41) is 24.2. The quantitative estimate of drug-likeness (QED) is 0.549. The molecule has 0 aliphatic carbocycles. The lowest BCUT2D eigenvalue weighted by molar-refractivity contribution is -0.384. The van der Waals surface area contributed by atoms with E-state index in [9.17, 15) is 15.2 Å². The van der Waals surface area contributed by atoms with Gasteiger partial charge in [-0.25, -0.2) is 0 Å². The van der Waals surface area contributed by atoms with Crippen molar-refractivity contribution in [3.05, 3.63) is 56.5 Å². The fraction of sp³-hybridized carbons (Fsp3) is 0.250. The number of nitrogens with zero attached hydrogens (tertiary/aromatic N) is 1. The van der Waals surface area contributed by atoms with E-state index in [2.05, 4.69) is 21.2 Å². The van der Waals surface area contributed by atoms with Crippen LogP contribution in [0.1, 0.15) is 11.7 Å². The van der Waals surface area contributed by atoms with Crippen LogP contribution in [-0.4, -0.2) is 30.8 Å². The molecule has 0 saturated heterocycles. The van der Waals surface area contributed by atoms with Gasteiger partial charge in [-0.15, -0.1) is 0 Å². The van der Waals surface area contributed by atoms with Crippen LogP contribution in [0.5, 0.6) is 11.5 Å². The molecule has 0 amide bonds. The zero-order chi connectivity index (χ0) is 17.7. The van der Waals surface area contributed by atoms with Gasteiger partial charge in [-0.3, -0.25) is 10.1 Å². The van der Waals surface area contributed by atoms with E-state index in [1.54, 1.807) is 31.4 Å². The lowest BCUT2D eigenvalue weighted by Gasteiger charge is -2.17. The number of methoxy groups -OCH3 is 2. The second kappa shape index (κ2) is 7.98. The number of non-ortho nitro benzene ring substituents is 1. The number of rotatable bonds is 7. The normalized spacial score (nSPS) is 11.7. The second-order valence-corrected chi connectivity index (χ2v) is 5.78. The molecule has 0 heterocycles. The van der Waals surface area contributed by atoms with Gasteiger partial charge in [-0.2, -0.15) is 0 Å². The fourth-order valence-corrected chi connectivity index (χ4v) is 2.68. The van der Waals surface area contributed by atoms with Gasteiger partial charge >= 0.3 is 0 Å². The molecule has 0 radical (unpaired) electrons. The van der Waals surface area contributed by atoms with Gasteiger partial charge in [0, 0.05) is 34.4 Å². The van der Waals surface area contributed by atoms with Crippen molar-refractivity contribution in [2.24, 2.45) is 0 Å². The van der Waals surface area contributed by atoms with Gasteiger partial charge in [0.15, 0.2) is 0 Å². The van der Waals surface area contributed by atoms with Crippen molar-refractivity contribution in [1.29, 1.82) is 0 Å². The van der Waals surface area contributed by atoms with Crippen molar-refractivity contribution in [2.75, 3.05) is 26.1 Å². The van der Waals surface area contributed by atoms with Crippen molar-refractivity contribution in [1.82, 2.24) is 0 Å². The summed E-state index contributed by atoms with van der Waals surface area (Å²) >= 11 is 3.28. The Morgan fingerprint density at radius 1 is 1.25 bits per heavy atom. The zero-order valence-corrected chi connectivity index (χ0v) is 14.7. The number of anilines is 1. The van der Waals surface area contributed by atoms with Crippen molar-refractivity contribution >= 4 is 27.3 Å². The van der Waals surface area contributed by atoms with Gasteiger partial charge in [0.05, 0.1) is 25.2 Å². The molecule has 1 atom stereocenters. The predicted molar refractivity (Wildman–Crippen MR) is 93.8 cm³/mol. The monoisotopic (exact) mass is 396 g/mol. The molecule has 2 N–H and O–H groups in total. The largest absolute Gasteiger partial charge is 0.497 e. The molecule has 0 bridgehead atoms. The maximum absolute atomic E-state index is 10.7. The average Bonchev–Trinajstić information content (AvgIpc) is 2.59. The van der Waals surface area contributed by atoms with E-state index >= 15 is 0 Å². The Kier molecular flexibility index (Phi) is 5.99. The third-order valence-electron chi connectivity index (χ3n) is 3.45. The number of halogens is 1. The predicted octanol–water partition coefficient (Wildman–Crippen LogP) is 3.52. The zero-order valence-electron chi connectivity index (χ0n) is 13.2. The van der Waals surface area contributed by atoms with Crippen LogP contribution >= 0.6 is 15.9 Å². The van der Waals surface area contributed by atoms with Crippen LogP contribution in [0, 0.1) is 10.1 Å². The maximum Gasteiger partial charge on any atom is 0.270 e. The molecular formula is C16H17BrN2O5. The Balaban J connectivity index is 2.13. The number of benzene rings is 2. The number of hydrogen-bond acceptors (Lipinski definition) is 6. The molecule has 0 aromatic heterocycles. The first kappa shape index (κ1) is 18.0. The Hall–Kier alpha value is -2.32. The summed E-state index contributed by atoms with van der Waals surface area (Å²) in [5.41, 5.74) is 1.21. The lowest BCUT2D eigenvalue weighted by Crippen LogP contribution is -2.13. The topological polar surface area (TPSA) is 93.9 Å². The fourth-order valence-electron chi connectivity index (χ4n) is 2.18. The van der Waals surface area contributed by atoms with E-state index in [1.165, 1.54) is 19.2 Å². The summed E-state index contributed by atoms with van der Waals surface area (Å²) in [6.07, 6.45) is -0.850. The van der Waals surface area contributed by atoms with Crippen molar-refractivity contribution in [3.63, 3.8) is 0 Å². The Morgan fingerprint density at radius 2 is 2.00 bits per heavy atom. The van der Waals surface area contributed by atoms with Gasteiger partial charge in [0.2, 0.25) is 0 Å². The lowest BCUT2D eigenvalue weighted by atomic mass is 10.1. The summed E-state index contributed by atoms with van der Waals surface area (Å²) in [4.78, 5) is 10.3. The number of nitro groups is 1. The second-order valence-electron chi connectivity index (χ2n) is 4.93. The highest BCUT2D eigenvalue weighted by molar-refractivity contribution is 9.10. The third-order valence-corrected chi connectivity index (χ3v) is 4.10. The number of aliphatic hydroxyl groups excluding tert-OH is 1. The molecule has 0 aliphatic heterocycles. The molecule has 7 nitrogen and oxygen atoms in total. The molecule has 2 rings (SSSR count). The van der Waals surface area contributed by atoms with E-state index in [0.717, 1.165) is 0 Å². The molecule has 1 unspecified atom stereocenters. The van der Waals surface area contributed by atoms with E-state index in [0.29, 0.717) is 27.2 Å². The minimum atomic E-state index is -0.850. The molecule has 128 valence electrons. The molecule has 0 aliphatic rings. The van der Waals surface area contributed by atoms with Crippen LogP contribution in [0.2, 0.25) is 0 Å². The SMILES string of the molecule is COc1ccc(OC)c(C(O)CNc2ccc([N+](=O)[O-])cc2Br)c1. The summed E-state index contributed by atoms with van der Waals surface area (Å²) in [6, 6.07) is 9.55. The number of hydrogen-bond donors (Lipinski definition) is 2. The van der Waals surface area contributed by atoms with Crippen LogP contribution in [-0.2, 0) is 0 Å². The van der Waals surface area contributed by atoms with E-state index in [1.807, 2.05) is 0 Å². The number of aliphatic hydroxyl groups is 1. The van der Waals surface area contributed by atoms with Gasteiger partial charge in [0.25, 0.3) is 5.69 Å². The van der Waals surface area contributed by atoms with Gasteiger partial charge < -0.3 is 19.9 Å². The van der Waals surface area contributed by atoms with Crippen LogP contribution in [0.15, 0.2) is 40.9 Å². The van der Waals surface area contributed by atoms with Gasteiger partial charge in [0.1, 0.15) is 11.5 Å². The molecule has 2 aromatic rings. The molecule has 0 fully saturated rings. The molecular weight excluding hydrogens is 380 g/mol. The van der Waals surface area contributed by atoms with E-state index in [-0.39, 0.29) is 12.2 Å². The van der Waals surface area contributed by atoms with Crippen molar-refractivity contribution in [2.45, 2.75) is 6.10 Å². The van der Waals surface area contributed by atoms with Crippen LogP contribution in [0.4, 0.5) is 11.4 Å². The van der Waals surface area contributed by atoms with Gasteiger partial charge in [-0.05, 0) is 40.2 Å². The maximum atomic E-state index is 10.7. The molecule has 0 saturated carbocycles. The van der Waals surface area contributed by atoms with Gasteiger partial charge in [-0.1, -0.05) is 0 Å². The van der Waals surface area contributed by atoms with Crippen molar-refractivity contribution in [3.8, 4) is 11.5 Å².